The largest absolute Gasteiger partial charge is 0.497 e. The van der Waals surface area contributed by atoms with Crippen molar-refractivity contribution in [1.29, 1.82) is 0 Å². The predicted octanol–water partition coefficient (Wildman–Crippen LogP) is 4.37. The standard InChI is InChI=1S/C29H29N3O7S/c1-20-10-13-23(14-11-20)40(35,36)32(26-17-21(37-2)12-15-27(26)38-3)19-28(33)31-25-9-5-4-8-24(25)29(34)30-18-22-7-6-16-39-22/h4-17H,18-19H2,1-3H3,(H,30,34)(H,31,33). The summed E-state index contributed by atoms with van der Waals surface area (Å²) >= 11 is 0. The number of nitrogens with one attached hydrogen (secondary N) is 2. The highest BCUT2D eigenvalue weighted by molar-refractivity contribution is 7.92. The first kappa shape index (κ1) is 28.2. The summed E-state index contributed by atoms with van der Waals surface area (Å²) < 4.78 is 44.6. The van der Waals surface area contributed by atoms with Crippen LogP contribution in [0.25, 0.3) is 0 Å². The van der Waals surface area contributed by atoms with Gasteiger partial charge in [0, 0.05) is 6.07 Å². The molecule has 0 spiro atoms. The van der Waals surface area contributed by atoms with Crippen LogP contribution in [-0.2, 0) is 21.4 Å². The lowest BCUT2D eigenvalue weighted by atomic mass is 10.1. The molecule has 40 heavy (non-hydrogen) atoms. The van der Waals surface area contributed by atoms with Crippen molar-refractivity contribution in [2.45, 2.75) is 18.4 Å². The van der Waals surface area contributed by atoms with E-state index in [4.69, 9.17) is 13.9 Å². The molecular weight excluding hydrogens is 534 g/mol. The molecule has 2 N–H and O–H groups in total. The highest BCUT2D eigenvalue weighted by Crippen LogP contribution is 2.35. The van der Waals surface area contributed by atoms with Gasteiger partial charge in [-0.25, -0.2) is 8.42 Å². The van der Waals surface area contributed by atoms with Gasteiger partial charge in [-0.1, -0.05) is 29.8 Å². The van der Waals surface area contributed by atoms with Crippen molar-refractivity contribution in [2.24, 2.45) is 0 Å². The molecule has 2 amide bonds. The molecule has 0 aliphatic carbocycles. The van der Waals surface area contributed by atoms with Gasteiger partial charge in [0.15, 0.2) is 0 Å². The Morgan fingerprint density at radius 3 is 2.35 bits per heavy atom. The van der Waals surface area contributed by atoms with Crippen molar-refractivity contribution < 1.29 is 31.9 Å². The molecule has 0 bridgehead atoms. The maximum absolute atomic E-state index is 13.8. The van der Waals surface area contributed by atoms with Gasteiger partial charge in [0.25, 0.3) is 15.9 Å². The first-order valence-electron chi connectivity index (χ1n) is 12.2. The van der Waals surface area contributed by atoms with Gasteiger partial charge in [-0.3, -0.25) is 13.9 Å². The normalized spacial score (nSPS) is 11.0. The number of benzene rings is 3. The van der Waals surface area contributed by atoms with Crippen molar-refractivity contribution in [3.63, 3.8) is 0 Å². The van der Waals surface area contributed by atoms with Gasteiger partial charge in [-0.2, -0.15) is 0 Å². The number of nitrogens with zero attached hydrogens (tertiary/aromatic N) is 1. The first-order chi connectivity index (χ1) is 19.2. The number of furan rings is 1. The molecule has 4 rings (SSSR count). The van der Waals surface area contributed by atoms with Gasteiger partial charge in [0.1, 0.15) is 23.8 Å². The highest BCUT2D eigenvalue weighted by Gasteiger charge is 2.30. The third-order valence-corrected chi connectivity index (χ3v) is 7.77. The molecule has 10 nitrogen and oxygen atoms in total. The number of methoxy groups -OCH3 is 2. The van der Waals surface area contributed by atoms with E-state index >= 15 is 0 Å². The lowest BCUT2D eigenvalue weighted by Crippen LogP contribution is -2.38. The average Bonchev–Trinajstić information content (AvgIpc) is 3.48. The second-order valence-electron chi connectivity index (χ2n) is 8.72. The lowest BCUT2D eigenvalue weighted by molar-refractivity contribution is -0.114. The van der Waals surface area contributed by atoms with E-state index < -0.39 is 28.4 Å². The predicted molar refractivity (Wildman–Crippen MR) is 150 cm³/mol. The molecule has 0 atom stereocenters. The maximum Gasteiger partial charge on any atom is 0.264 e. The third-order valence-electron chi connectivity index (χ3n) is 6.00. The number of aryl methyl sites for hydroxylation is 1. The lowest BCUT2D eigenvalue weighted by Gasteiger charge is -2.26. The fraction of sp³-hybridized carbons (Fsp3) is 0.172. The summed E-state index contributed by atoms with van der Waals surface area (Å²) in [4.78, 5) is 26.2. The Balaban J connectivity index is 1.65. The number of sulfonamides is 1. The Bertz CT molecular complexity index is 1580. The second-order valence-corrected chi connectivity index (χ2v) is 10.6. The number of carbonyl (C=O) groups is 2. The van der Waals surface area contributed by atoms with Crippen LogP contribution >= 0.6 is 0 Å². The highest BCUT2D eigenvalue weighted by atomic mass is 32.2. The summed E-state index contributed by atoms with van der Waals surface area (Å²) in [6.45, 7) is 1.39. The summed E-state index contributed by atoms with van der Waals surface area (Å²) in [5, 5.41) is 5.42. The van der Waals surface area contributed by atoms with Crippen molar-refractivity contribution >= 4 is 33.2 Å². The molecule has 0 radical (unpaired) electrons. The van der Waals surface area contributed by atoms with Crippen LogP contribution in [0.4, 0.5) is 11.4 Å². The molecule has 11 heteroatoms. The van der Waals surface area contributed by atoms with Crippen LogP contribution in [0.2, 0.25) is 0 Å². The third kappa shape index (κ3) is 6.44. The summed E-state index contributed by atoms with van der Waals surface area (Å²) in [6, 6.07) is 20.8. The Labute approximate surface area is 232 Å². The minimum atomic E-state index is -4.23. The number of hydrogen-bond donors (Lipinski definition) is 2. The van der Waals surface area contributed by atoms with Crippen molar-refractivity contribution in [3.8, 4) is 11.5 Å². The Morgan fingerprint density at radius 2 is 1.68 bits per heavy atom. The zero-order chi connectivity index (χ0) is 28.7. The van der Waals surface area contributed by atoms with Gasteiger partial charge in [-0.15, -0.1) is 0 Å². The second kappa shape index (κ2) is 12.4. The monoisotopic (exact) mass is 563 g/mol. The molecule has 0 saturated carbocycles. The average molecular weight is 564 g/mol. The molecule has 1 heterocycles. The van der Waals surface area contributed by atoms with Crippen molar-refractivity contribution in [2.75, 3.05) is 30.4 Å². The van der Waals surface area contributed by atoms with Crippen LogP contribution < -0.4 is 24.4 Å². The topological polar surface area (TPSA) is 127 Å². The number of anilines is 2. The number of carbonyl (C=O) groups excluding carboxylic acids is 2. The molecule has 3 aromatic carbocycles. The smallest absolute Gasteiger partial charge is 0.264 e. The Kier molecular flexibility index (Phi) is 8.75. The van der Waals surface area contributed by atoms with E-state index in [0.29, 0.717) is 11.5 Å². The summed E-state index contributed by atoms with van der Waals surface area (Å²) in [7, 11) is -1.38. The van der Waals surface area contributed by atoms with Gasteiger partial charge in [-0.05, 0) is 55.5 Å². The molecule has 208 valence electrons. The van der Waals surface area contributed by atoms with E-state index in [9.17, 15) is 18.0 Å². The minimum absolute atomic E-state index is 0.00604. The van der Waals surface area contributed by atoms with E-state index in [0.717, 1.165) is 9.87 Å². The van der Waals surface area contributed by atoms with Gasteiger partial charge < -0.3 is 24.5 Å². The zero-order valence-corrected chi connectivity index (χ0v) is 23.0. The minimum Gasteiger partial charge on any atom is -0.497 e. The molecule has 0 unspecified atom stereocenters. The van der Waals surface area contributed by atoms with Crippen molar-refractivity contribution in [3.05, 3.63) is 102 Å². The summed E-state index contributed by atoms with van der Waals surface area (Å²) in [6.07, 6.45) is 1.50. The number of amides is 2. The fourth-order valence-corrected chi connectivity index (χ4v) is 5.34. The van der Waals surface area contributed by atoms with Crippen LogP contribution in [0.15, 0.2) is 94.4 Å². The number of ether oxygens (including phenoxy) is 2. The summed E-state index contributed by atoms with van der Waals surface area (Å²) in [5.74, 6) is 0.0534. The van der Waals surface area contributed by atoms with Gasteiger partial charge in [0.2, 0.25) is 5.91 Å². The van der Waals surface area contributed by atoms with Crippen LogP contribution in [0.3, 0.4) is 0 Å². The van der Waals surface area contributed by atoms with Gasteiger partial charge >= 0.3 is 0 Å². The molecule has 0 fully saturated rings. The van der Waals surface area contributed by atoms with Crippen LogP contribution in [0.1, 0.15) is 21.7 Å². The van der Waals surface area contributed by atoms with Crippen LogP contribution in [0, 0.1) is 6.92 Å². The molecule has 4 aromatic rings. The van der Waals surface area contributed by atoms with E-state index in [1.54, 1.807) is 60.7 Å². The van der Waals surface area contributed by atoms with Crippen LogP contribution in [0.5, 0.6) is 11.5 Å². The SMILES string of the molecule is COc1ccc(OC)c(N(CC(=O)Nc2ccccc2C(=O)NCc2ccco2)S(=O)(=O)c2ccc(C)cc2)c1. The molecule has 1 aromatic heterocycles. The molecular formula is C29H29N3O7S. The maximum atomic E-state index is 13.8. The summed E-state index contributed by atoms with van der Waals surface area (Å²) in [5.41, 5.74) is 1.41. The Hall–Kier alpha value is -4.77. The fourth-order valence-electron chi connectivity index (χ4n) is 3.91. The van der Waals surface area contributed by atoms with E-state index in [1.165, 1.54) is 38.7 Å². The first-order valence-corrected chi connectivity index (χ1v) is 13.7. The number of rotatable bonds is 11. The molecule has 0 aliphatic rings. The van der Waals surface area contributed by atoms with E-state index in [1.807, 2.05) is 6.92 Å². The van der Waals surface area contributed by atoms with E-state index in [2.05, 4.69) is 10.6 Å². The number of para-hydroxylation sites is 1. The molecule has 0 saturated heterocycles. The molecule has 0 aliphatic heterocycles. The van der Waals surface area contributed by atoms with Crippen LogP contribution in [-0.4, -0.2) is 41.0 Å². The quantitative estimate of drug-likeness (QED) is 0.277. The van der Waals surface area contributed by atoms with Crippen molar-refractivity contribution in [1.82, 2.24) is 5.32 Å². The zero-order valence-electron chi connectivity index (χ0n) is 22.2. The van der Waals surface area contributed by atoms with Gasteiger partial charge in [0.05, 0.1) is 48.9 Å². The number of hydrogen-bond acceptors (Lipinski definition) is 7. The Morgan fingerprint density at radius 1 is 0.925 bits per heavy atom. The van der Waals surface area contributed by atoms with E-state index in [-0.39, 0.29) is 34.1 Å².